The quantitative estimate of drug-likeness (QED) is 0.0195. The second-order valence-electron chi connectivity index (χ2n) is 24.8. The van der Waals surface area contributed by atoms with E-state index in [1.54, 1.807) is 97.1 Å². The number of ketones is 1. The molecule has 514 valence electrons. The normalized spacial score (nSPS) is 25.3. The Morgan fingerprint density at radius 1 is 0.716 bits per heavy atom. The molecule has 11 N–H and O–H groups in total. The Kier molecular flexibility index (Phi) is 25.8. The molecule has 4 aliphatic rings. The first-order chi connectivity index (χ1) is 44.2. The van der Waals surface area contributed by atoms with Crippen molar-refractivity contribution in [3.05, 3.63) is 155 Å². The second-order valence-corrected chi connectivity index (χ2v) is 24.8. The molecule has 2 saturated carbocycles. The Bertz CT molecular complexity index is 3440. The number of fused-ring (bicyclic) bond motifs is 5. The van der Waals surface area contributed by atoms with Crippen LogP contribution in [0.1, 0.15) is 118 Å². The standard InChI is InChI=1S/C68H83N7O18.2ClH/c1-38-48(36-68(87)57(92-62(84)45-28-18-11-19-29-45)55-66(7,49(78)35-50-67(55,37-88-50)93-41(4)77)56(79)53(89-40(3)76)51(38)65(68,5)6)90-63(85)54(52(43-24-14-9-15-25-43)75-59(81)44-26-16-10-17-27-44)91-64(86)72-33-32-71-60(82)46(30-20-21-31-69)73-61(83)47(74-58(80)39(2)70)34-42-22-12-8-13-23-42;;/h8-19,22-29,39,46-50,52-55,57,78,87H,20-21,30-37,69-70H2,1-7H3,(H,71,82)(H,72,86)(H,73,83)(H,74,80)(H,75,81);2*1H/t39-,46+,47+,48?,49+,50-,52?,53-,54-,55+,57+,66-,67+,68-;;/m1../s1. The predicted molar refractivity (Wildman–Crippen MR) is 348 cm³/mol. The average Bonchev–Trinajstić information content (AvgIpc) is 0.670. The van der Waals surface area contributed by atoms with Crippen LogP contribution in [0, 0.1) is 16.7 Å². The van der Waals surface area contributed by atoms with E-state index in [1.165, 1.54) is 58.9 Å². The number of rotatable bonds is 25. The zero-order chi connectivity index (χ0) is 67.6. The monoisotopic (exact) mass is 1360 g/mol. The van der Waals surface area contributed by atoms with Gasteiger partial charge >= 0.3 is 30.0 Å². The molecular formula is C68H85Cl2N7O18. The Hall–Kier alpha value is -8.30. The zero-order valence-electron chi connectivity index (χ0n) is 53.9. The van der Waals surface area contributed by atoms with E-state index in [0.717, 1.165) is 19.4 Å². The molecule has 0 spiro atoms. The van der Waals surface area contributed by atoms with Gasteiger partial charge in [-0.15, -0.1) is 24.8 Å². The lowest BCUT2D eigenvalue weighted by Crippen LogP contribution is -2.82. The second kappa shape index (κ2) is 32.4. The topological polar surface area (TPSA) is 379 Å². The molecule has 27 heteroatoms. The van der Waals surface area contributed by atoms with Crippen LogP contribution in [0.3, 0.4) is 0 Å². The molecule has 0 radical (unpaired) electrons. The van der Waals surface area contributed by atoms with E-state index < -0.39 is 161 Å². The van der Waals surface area contributed by atoms with Crippen LogP contribution in [-0.4, -0.2) is 162 Å². The number of aliphatic hydroxyl groups is 2. The number of halogens is 2. The van der Waals surface area contributed by atoms with Crippen molar-refractivity contribution in [3.63, 3.8) is 0 Å². The van der Waals surface area contributed by atoms with Gasteiger partial charge in [0.1, 0.15) is 42.0 Å². The summed E-state index contributed by atoms with van der Waals surface area (Å²) in [4.78, 5) is 142. The SMILES string of the molecule is CC(=O)O[C@H]1C(=O)[C@@]2(C)[C@H]([C@H](OC(=O)c3ccccc3)[C@]3(O)CC(OC(=O)[C@H](OC(=O)NCCNC(=O)[C@H](CCCCN)NC(=O)[C@H](Cc4ccccc4)NC(=O)[C@@H](C)N)C(NC(=O)c4ccccc4)c4ccccc4)C(C)=C1C3(C)C)[C@]1(OC(C)=O)CO[C@@H]1C[C@@H]2O.Cl.Cl. The van der Waals surface area contributed by atoms with E-state index in [2.05, 4.69) is 26.6 Å². The van der Waals surface area contributed by atoms with Crippen molar-refractivity contribution in [2.45, 2.75) is 159 Å². The van der Waals surface area contributed by atoms with Crippen molar-refractivity contribution >= 4 is 84.2 Å². The van der Waals surface area contributed by atoms with Crippen LogP contribution < -0.4 is 38.1 Å². The van der Waals surface area contributed by atoms with E-state index in [0.29, 0.717) is 19.4 Å². The zero-order valence-corrected chi connectivity index (χ0v) is 55.5. The number of esters is 4. The highest BCUT2D eigenvalue weighted by Gasteiger charge is 2.78. The minimum Gasteiger partial charge on any atom is -0.455 e. The summed E-state index contributed by atoms with van der Waals surface area (Å²) in [7, 11) is 0. The molecule has 95 heavy (non-hydrogen) atoms. The van der Waals surface area contributed by atoms with Crippen LogP contribution in [0.15, 0.2) is 132 Å². The van der Waals surface area contributed by atoms with Gasteiger partial charge in [0.15, 0.2) is 17.5 Å². The van der Waals surface area contributed by atoms with E-state index >= 15 is 9.59 Å². The van der Waals surface area contributed by atoms with Crippen molar-refractivity contribution < 1.29 is 86.6 Å². The summed E-state index contributed by atoms with van der Waals surface area (Å²) < 4.78 is 37.0. The molecule has 4 aromatic rings. The van der Waals surface area contributed by atoms with E-state index in [9.17, 15) is 48.6 Å². The molecule has 3 fully saturated rings. The fourth-order valence-corrected chi connectivity index (χ4v) is 13.3. The summed E-state index contributed by atoms with van der Waals surface area (Å²) in [6.07, 6.45) is -11.6. The number of nitrogens with one attached hydrogen (secondary N) is 5. The third kappa shape index (κ3) is 16.5. The summed E-state index contributed by atoms with van der Waals surface area (Å²) in [6.45, 7) is 8.80. The van der Waals surface area contributed by atoms with Crippen LogP contribution in [-0.2, 0) is 68.4 Å². The molecule has 1 saturated heterocycles. The van der Waals surface area contributed by atoms with Gasteiger partial charge in [0.25, 0.3) is 5.91 Å². The van der Waals surface area contributed by atoms with Crippen LogP contribution in [0.5, 0.6) is 0 Å². The number of carbonyl (C=O) groups excluding carboxylic acids is 10. The van der Waals surface area contributed by atoms with Crippen molar-refractivity contribution in [1.82, 2.24) is 26.6 Å². The van der Waals surface area contributed by atoms with Gasteiger partial charge in [-0.05, 0) is 93.1 Å². The van der Waals surface area contributed by atoms with Crippen molar-refractivity contribution in [2.24, 2.45) is 28.2 Å². The van der Waals surface area contributed by atoms with Gasteiger partial charge < -0.3 is 76.7 Å². The number of carbonyl (C=O) groups is 10. The average molecular weight is 1360 g/mol. The number of alkyl carbamates (subject to hydrolysis) is 1. The van der Waals surface area contributed by atoms with Crippen molar-refractivity contribution in [2.75, 3.05) is 26.2 Å². The maximum absolute atomic E-state index is 15.9. The van der Waals surface area contributed by atoms with Crippen LogP contribution in [0.2, 0.25) is 0 Å². The summed E-state index contributed by atoms with van der Waals surface area (Å²) in [6, 6.07) is 27.7. The van der Waals surface area contributed by atoms with Gasteiger partial charge in [-0.25, -0.2) is 14.4 Å². The maximum Gasteiger partial charge on any atom is 0.408 e. The number of hydrogen-bond acceptors (Lipinski definition) is 20. The molecule has 3 aliphatic carbocycles. The Labute approximate surface area is 563 Å². The van der Waals surface area contributed by atoms with Crippen LogP contribution >= 0.6 is 24.8 Å². The molecule has 14 atom stereocenters. The van der Waals surface area contributed by atoms with Gasteiger partial charge in [-0.1, -0.05) is 111 Å². The van der Waals surface area contributed by atoms with Gasteiger partial charge in [0.05, 0.1) is 35.6 Å². The summed E-state index contributed by atoms with van der Waals surface area (Å²) in [5.41, 5.74) is 4.25. The number of benzene rings is 4. The Balaban J connectivity index is 0.00000714. The first-order valence-corrected chi connectivity index (χ1v) is 31.0. The molecule has 4 aromatic carbocycles. The molecule has 2 bridgehead atoms. The number of nitrogens with two attached hydrogens (primary N) is 2. The van der Waals surface area contributed by atoms with Gasteiger partial charge in [0.2, 0.25) is 23.8 Å². The molecule has 1 aliphatic heterocycles. The third-order valence-electron chi connectivity index (χ3n) is 18.3. The molecule has 1 heterocycles. The smallest absolute Gasteiger partial charge is 0.408 e. The van der Waals surface area contributed by atoms with Crippen molar-refractivity contribution in [1.29, 1.82) is 0 Å². The van der Waals surface area contributed by atoms with E-state index in [4.69, 9.17) is 39.9 Å². The van der Waals surface area contributed by atoms with Crippen molar-refractivity contribution in [3.8, 4) is 0 Å². The highest BCUT2D eigenvalue weighted by molar-refractivity contribution is 5.97. The Morgan fingerprint density at radius 3 is 1.86 bits per heavy atom. The summed E-state index contributed by atoms with van der Waals surface area (Å²) in [5, 5.41) is 39.9. The minimum atomic E-state index is -2.56. The fourth-order valence-electron chi connectivity index (χ4n) is 13.3. The lowest BCUT2D eigenvalue weighted by molar-refractivity contribution is -0.346. The molecular weight excluding hydrogens is 1270 g/mol. The van der Waals surface area contributed by atoms with Crippen LogP contribution in [0.25, 0.3) is 0 Å². The lowest BCUT2D eigenvalue weighted by atomic mass is 9.44. The molecule has 8 rings (SSSR count). The minimum absolute atomic E-state index is 0. The number of Topliss-reactive ketones (excluding diaryl/α,β-unsaturated/α-hetero) is 1. The van der Waals surface area contributed by atoms with Gasteiger partial charge in [-0.2, -0.15) is 0 Å². The summed E-state index contributed by atoms with van der Waals surface area (Å²) >= 11 is 0. The first-order valence-electron chi connectivity index (χ1n) is 31.0. The molecule has 2 unspecified atom stereocenters. The number of amides is 5. The van der Waals surface area contributed by atoms with E-state index in [1.807, 2.05) is 0 Å². The van der Waals surface area contributed by atoms with Gasteiger partial charge in [0, 0.05) is 57.2 Å². The van der Waals surface area contributed by atoms with Gasteiger partial charge in [-0.3, -0.25) is 33.6 Å². The molecule has 0 aromatic heterocycles. The maximum atomic E-state index is 15.9. The third-order valence-corrected chi connectivity index (χ3v) is 18.3. The lowest BCUT2D eigenvalue weighted by Gasteiger charge is -2.67. The number of aliphatic hydroxyl groups excluding tert-OH is 1. The fraction of sp³-hybridized carbons (Fsp3) is 0.471. The summed E-state index contributed by atoms with van der Waals surface area (Å²) in [5.74, 6) is -9.38. The highest BCUT2D eigenvalue weighted by atomic mass is 35.5. The highest BCUT2D eigenvalue weighted by Crippen LogP contribution is 2.64. The molecule has 5 amide bonds. The van der Waals surface area contributed by atoms with Crippen LogP contribution in [0.4, 0.5) is 4.79 Å². The molecule has 25 nitrogen and oxygen atoms in total. The largest absolute Gasteiger partial charge is 0.455 e. The number of ether oxygens (including phenoxy) is 6. The first kappa shape index (κ1) is 75.7. The Morgan fingerprint density at radius 2 is 1.29 bits per heavy atom. The van der Waals surface area contributed by atoms with E-state index in [-0.39, 0.29) is 85.0 Å². The predicted octanol–water partition coefficient (Wildman–Crippen LogP) is 4.12. The number of unbranched alkanes of at least 4 members (excludes halogenated alkanes) is 1. The number of hydrogen-bond donors (Lipinski definition) is 9.